The highest BCUT2D eigenvalue weighted by molar-refractivity contribution is 5.81. The van der Waals surface area contributed by atoms with E-state index in [1.165, 1.54) is 11.1 Å². The first kappa shape index (κ1) is 15.4. The Kier molecular flexibility index (Phi) is 3.70. The lowest BCUT2D eigenvalue weighted by atomic mass is 9.74. The van der Waals surface area contributed by atoms with Crippen LogP contribution in [0, 0.1) is 11.8 Å². The summed E-state index contributed by atoms with van der Waals surface area (Å²) in [4.78, 5) is 25.8. The summed E-state index contributed by atoms with van der Waals surface area (Å²) in [6, 6.07) is 8.53. The number of nitrogens with zero attached hydrogens (tertiary/aromatic N) is 1. The van der Waals surface area contributed by atoms with Crippen molar-refractivity contribution in [2.75, 3.05) is 13.1 Å². The maximum atomic E-state index is 12.7. The largest absolute Gasteiger partial charge is 0.481 e. The Labute approximate surface area is 142 Å². The number of hydrogen-bond donors (Lipinski definition) is 1. The van der Waals surface area contributed by atoms with Crippen molar-refractivity contribution in [2.24, 2.45) is 11.8 Å². The number of carboxylic acid groups (broad SMARTS) is 1. The molecule has 0 unspecified atom stereocenters. The van der Waals surface area contributed by atoms with Crippen molar-refractivity contribution in [3.05, 3.63) is 41.5 Å². The summed E-state index contributed by atoms with van der Waals surface area (Å²) in [5.41, 5.74) is 2.79. The third-order valence-corrected chi connectivity index (χ3v) is 6.18. The van der Waals surface area contributed by atoms with Gasteiger partial charge in [0.05, 0.1) is 5.92 Å². The SMILES string of the molecule is O=C(O)[C@@H]1CC[C@H](C(=O)N2CCC3(C=Cc4ccccc43)CC2)C1. The molecule has 4 rings (SSSR count). The molecule has 1 heterocycles. The molecule has 24 heavy (non-hydrogen) atoms. The molecule has 4 heteroatoms. The number of carbonyl (C=O) groups is 2. The maximum Gasteiger partial charge on any atom is 0.306 e. The maximum absolute atomic E-state index is 12.7. The van der Waals surface area contributed by atoms with Crippen LogP contribution in [0.3, 0.4) is 0 Å². The van der Waals surface area contributed by atoms with E-state index in [-0.39, 0.29) is 23.2 Å². The number of fused-ring (bicyclic) bond motifs is 2. The van der Waals surface area contributed by atoms with E-state index in [1.807, 2.05) is 4.90 Å². The van der Waals surface area contributed by atoms with Crippen molar-refractivity contribution in [3.8, 4) is 0 Å². The molecule has 1 spiro atoms. The van der Waals surface area contributed by atoms with Crippen molar-refractivity contribution >= 4 is 18.0 Å². The van der Waals surface area contributed by atoms with E-state index in [9.17, 15) is 9.59 Å². The van der Waals surface area contributed by atoms with Gasteiger partial charge in [0.25, 0.3) is 0 Å². The molecule has 126 valence electrons. The quantitative estimate of drug-likeness (QED) is 0.909. The van der Waals surface area contributed by atoms with E-state index in [4.69, 9.17) is 5.11 Å². The van der Waals surface area contributed by atoms with Gasteiger partial charge in [0.15, 0.2) is 0 Å². The molecule has 0 aromatic heterocycles. The lowest BCUT2D eigenvalue weighted by molar-refractivity contribution is -0.141. The Morgan fingerprint density at radius 2 is 1.79 bits per heavy atom. The van der Waals surface area contributed by atoms with Gasteiger partial charge in [0.1, 0.15) is 0 Å². The number of carboxylic acids is 1. The van der Waals surface area contributed by atoms with Crippen LogP contribution in [0.2, 0.25) is 0 Å². The summed E-state index contributed by atoms with van der Waals surface area (Å²) in [7, 11) is 0. The van der Waals surface area contributed by atoms with Crippen molar-refractivity contribution in [3.63, 3.8) is 0 Å². The monoisotopic (exact) mass is 325 g/mol. The molecule has 1 saturated carbocycles. The second-order valence-corrected chi connectivity index (χ2v) is 7.45. The molecule has 0 bridgehead atoms. The number of carbonyl (C=O) groups excluding carboxylic acids is 1. The topological polar surface area (TPSA) is 57.6 Å². The molecule has 2 fully saturated rings. The van der Waals surface area contributed by atoms with E-state index in [0.29, 0.717) is 12.8 Å². The van der Waals surface area contributed by atoms with Gasteiger partial charge in [-0.05, 0) is 43.2 Å². The first-order valence-electron chi connectivity index (χ1n) is 8.89. The Balaban J connectivity index is 1.41. The predicted molar refractivity (Wildman–Crippen MR) is 91.4 cm³/mol. The van der Waals surface area contributed by atoms with Crippen LogP contribution >= 0.6 is 0 Å². The minimum Gasteiger partial charge on any atom is -0.481 e. The molecule has 2 atom stereocenters. The minimum absolute atomic E-state index is 0.0899. The predicted octanol–water partition coefficient (Wildman–Crippen LogP) is 3.07. The van der Waals surface area contributed by atoms with Crippen LogP contribution in [0.5, 0.6) is 0 Å². The summed E-state index contributed by atoms with van der Waals surface area (Å²) in [6.07, 6.45) is 8.32. The molecule has 1 amide bonds. The van der Waals surface area contributed by atoms with Crippen molar-refractivity contribution in [2.45, 2.75) is 37.5 Å². The summed E-state index contributed by atoms with van der Waals surface area (Å²) in [6.45, 7) is 1.54. The van der Waals surface area contributed by atoms with Crippen molar-refractivity contribution in [1.29, 1.82) is 0 Å². The number of hydrogen-bond acceptors (Lipinski definition) is 2. The average Bonchev–Trinajstić information content (AvgIpc) is 3.22. The van der Waals surface area contributed by atoms with Crippen LogP contribution in [0.4, 0.5) is 0 Å². The van der Waals surface area contributed by atoms with Gasteiger partial charge in [-0.1, -0.05) is 36.4 Å². The zero-order valence-corrected chi connectivity index (χ0v) is 13.8. The Bertz CT molecular complexity index is 701. The zero-order valence-electron chi connectivity index (χ0n) is 13.8. The lowest BCUT2D eigenvalue weighted by Crippen LogP contribution is -2.45. The fourth-order valence-corrected chi connectivity index (χ4v) is 4.69. The summed E-state index contributed by atoms with van der Waals surface area (Å²) < 4.78 is 0. The van der Waals surface area contributed by atoms with Gasteiger partial charge in [0, 0.05) is 24.4 Å². The molecule has 1 aromatic rings. The van der Waals surface area contributed by atoms with Gasteiger partial charge >= 0.3 is 5.97 Å². The van der Waals surface area contributed by atoms with Gasteiger partial charge in [-0.3, -0.25) is 9.59 Å². The van der Waals surface area contributed by atoms with Gasteiger partial charge in [0.2, 0.25) is 5.91 Å². The fourth-order valence-electron chi connectivity index (χ4n) is 4.69. The average molecular weight is 325 g/mol. The standard InChI is InChI=1S/C20H23NO3/c22-18(15-5-6-16(13-15)19(23)24)21-11-9-20(10-12-21)8-7-14-3-1-2-4-17(14)20/h1-4,7-8,15-16H,5-6,9-13H2,(H,23,24)/t15-,16+/m0/s1. The van der Waals surface area contributed by atoms with Crippen molar-refractivity contribution < 1.29 is 14.7 Å². The Hall–Kier alpha value is -2.10. The molecular formula is C20H23NO3. The van der Waals surface area contributed by atoms with E-state index < -0.39 is 5.97 Å². The highest BCUT2D eigenvalue weighted by Crippen LogP contribution is 2.44. The number of likely N-dealkylation sites (tertiary alicyclic amines) is 1. The molecule has 1 aromatic carbocycles. The van der Waals surface area contributed by atoms with Crippen LogP contribution in [-0.4, -0.2) is 35.0 Å². The smallest absolute Gasteiger partial charge is 0.306 e. The molecule has 1 aliphatic heterocycles. The number of benzene rings is 1. The van der Waals surface area contributed by atoms with Crippen LogP contribution < -0.4 is 0 Å². The third kappa shape index (κ3) is 2.45. The van der Waals surface area contributed by atoms with Gasteiger partial charge in [-0.2, -0.15) is 0 Å². The second-order valence-electron chi connectivity index (χ2n) is 7.45. The van der Waals surface area contributed by atoms with Crippen LogP contribution in [-0.2, 0) is 15.0 Å². The molecule has 1 N–H and O–H groups in total. The molecule has 0 radical (unpaired) electrons. The molecular weight excluding hydrogens is 302 g/mol. The van der Waals surface area contributed by atoms with Gasteiger partial charge < -0.3 is 10.0 Å². The molecule has 3 aliphatic rings. The normalized spacial score (nSPS) is 27.4. The first-order valence-corrected chi connectivity index (χ1v) is 8.89. The molecule has 4 nitrogen and oxygen atoms in total. The summed E-state index contributed by atoms with van der Waals surface area (Å²) in [5.74, 6) is -1.01. The number of aliphatic carboxylic acids is 1. The van der Waals surface area contributed by atoms with E-state index in [1.54, 1.807) is 0 Å². The van der Waals surface area contributed by atoms with E-state index >= 15 is 0 Å². The Morgan fingerprint density at radius 3 is 2.50 bits per heavy atom. The van der Waals surface area contributed by atoms with Crippen molar-refractivity contribution in [1.82, 2.24) is 4.90 Å². The molecule has 2 aliphatic carbocycles. The number of piperidine rings is 1. The van der Waals surface area contributed by atoms with Crippen LogP contribution in [0.25, 0.3) is 6.08 Å². The number of allylic oxidation sites excluding steroid dienone is 1. The third-order valence-electron chi connectivity index (χ3n) is 6.18. The number of rotatable bonds is 2. The van der Waals surface area contributed by atoms with E-state index in [2.05, 4.69) is 36.4 Å². The highest BCUT2D eigenvalue weighted by atomic mass is 16.4. The van der Waals surface area contributed by atoms with Crippen LogP contribution in [0.15, 0.2) is 30.3 Å². The summed E-state index contributed by atoms with van der Waals surface area (Å²) in [5, 5.41) is 9.12. The fraction of sp³-hybridized carbons (Fsp3) is 0.500. The zero-order chi connectivity index (χ0) is 16.7. The van der Waals surface area contributed by atoms with E-state index in [0.717, 1.165) is 32.4 Å². The van der Waals surface area contributed by atoms with Crippen LogP contribution in [0.1, 0.15) is 43.2 Å². The number of amides is 1. The lowest BCUT2D eigenvalue weighted by Gasteiger charge is -2.40. The van der Waals surface area contributed by atoms with Gasteiger partial charge in [-0.25, -0.2) is 0 Å². The second kappa shape index (κ2) is 5.76. The molecule has 1 saturated heterocycles. The van der Waals surface area contributed by atoms with Gasteiger partial charge in [-0.15, -0.1) is 0 Å². The summed E-state index contributed by atoms with van der Waals surface area (Å²) >= 11 is 0. The highest BCUT2D eigenvalue weighted by Gasteiger charge is 2.41. The first-order chi connectivity index (χ1) is 11.6. The Morgan fingerprint density at radius 1 is 1.08 bits per heavy atom. The minimum atomic E-state index is -0.754.